The first kappa shape index (κ1) is 20.3. The van der Waals surface area contributed by atoms with Crippen LogP contribution in [0, 0.1) is 12.3 Å². The van der Waals surface area contributed by atoms with Crippen molar-refractivity contribution < 1.29 is 17.6 Å². The second kappa shape index (κ2) is 7.81. The molecule has 31 heavy (non-hydrogen) atoms. The Hall–Kier alpha value is -2.62. The normalized spacial score (nSPS) is 21.5. The highest BCUT2D eigenvalue weighted by Gasteiger charge is 2.53. The van der Waals surface area contributed by atoms with Gasteiger partial charge in [0.2, 0.25) is 21.8 Å². The van der Waals surface area contributed by atoms with Crippen LogP contribution in [0.2, 0.25) is 0 Å². The van der Waals surface area contributed by atoms with E-state index in [1.165, 1.54) is 0 Å². The van der Waals surface area contributed by atoms with Gasteiger partial charge >= 0.3 is 0 Å². The lowest BCUT2D eigenvalue weighted by molar-refractivity contribution is 0.0112. The third-order valence-corrected chi connectivity index (χ3v) is 8.21. The van der Waals surface area contributed by atoms with Gasteiger partial charge in [-0.05, 0) is 49.6 Å². The molecule has 0 amide bonds. The first-order valence-corrected chi connectivity index (χ1v) is 11.8. The predicted octanol–water partition coefficient (Wildman–Crippen LogP) is 3.02. The van der Waals surface area contributed by atoms with Crippen LogP contribution in [0.3, 0.4) is 0 Å². The lowest BCUT2D eigenvalue weighted by Crippen LogP contribution is -2.37. The van der Waals surface area contributed by atoms with Crippen molar-refractivity contribution in [2.45, 2.75) is 30.6 Å². The van der Waals surface area contributed by atoms with Gasteiger partial charge in [-0.2, -0.15) is 4.31 Å². The molecular formula is C22H24N4O4S. The van der Waals surface area contributed by atoms with Gasteiger partial charge in [0.1, 0.15) is 0 Å². The molecule has 1 spiro atoms. The van der Waals surface area contributed by atoms with Crippen LogP contribution in [0.25, 0.3) is 11.5 Å². The van der Waals surface area contributed by atoms with E-state index < -0.39 is 10.0 Å². The quantitative estimate of drug-likeness (QED) is 0.615. The first-order chi connectivity index (χ1) is 15.0. The smallest absolute Gasteiger partial charge is 0.247 e. The van der Waals surface area contributed by atoms with E-state index in [4.69, 9.17) is 9.15 Å². The Morgan fingerprint density at radius 2 is 1.87 bits per heavy atom. The minimum atomic E-state index is -3.63. The van der Waals surface area contributed by atoms with Crippen molar-refractivity contribution in [1.82, 2.24) is 19.5 Å². The number of pyridine rings is 1. The Kier molecular flexibility index (Phi) is 5.11. The maximum Gasteiger partial charge on any atom is 0.247 e. The molecule has 2 saturated heterocycles. The van der Waals surface area contributed by atoms with Gasteiger partial charge in [-0.25, -0.2) is 8.42 Å². The molecular weight excluding hydrogens is 416 g/mol. The Morgan fingerprint density at radius 1 is 1.10 bits per heavy atom. The molecule has 0 N–H and O–H groups in total. The Labute approximate surface area is 181 Å². The zero-order valence-corrected chi connectivity index (χ0v) is 18.1. The van der Waals surface area contributed by atoms with Crippen molar-refractivity contribution in [3.8, 4) is 11.5 Å². The number of aryl methyl sites for hydroxylation is 1. The van der Waals surface area contributed by atoms with E-state index in [-0.39, 0.29) is 11.3 Å². The predicted molar refractivity (Wildman–Crippen MR) is 113 cm³/mol. The molecule has 9 heteroatoms. The average molecular weight is 441 g/mol. The van der Waals surface area contributed by atoms with Gasteiger partial charge in [0.25, 0.3) is 0 Å². The third-order valence-electron chi connectivity index (χ3n) is 6.40. The molecule has 0 saturated carbocycles. The van der Waals surface area contributed by atoms with Crippen LogP contribution in [0.15, 0.2) is 58.1 Å². The van der Waals surface area contributed by atoms with E-state index in [0.29, 0.717) is 43.0 Å². The van der Waals surface area contributed by atoms with Crippen LogP contribution in [-0.2, 0) is 14.8 Å². The van der Waals surface area contributed by atoms with Crippen molar-refractivity contribution in [3.05, 3.63) is 60.2 Å². The summed E-state index contributed by atoms with van der Waals surface area (Å²) in [6, 6.07) is 10.7. The second-order valence-corrected chi connectivity index (χ2v) is 10.3. The zero-order chi connectivity index (χ0) is 21.5. The number of rotatable bonds is 4. The van der Waals surface area contributed by atoms with Gasteiger partial charge in [0.15, 0.2) is 0 Å². The molecule has 2 aromatic heterocycles. The molecule has 4 heterocycles. The Balaban J connectivity index is 1.50. The van der Waals surface area contributed by atoms with Crippen molar-refractivity contribution >= 4 is 10.0 Å². The molecule has 1 unspecified atom stereocenters. The average Bonchev–Trinajstić information content (AvgIpc) is 3.41. The fraction of sp³-hybridized carbons (Fsp3) is 0.409. The highest BCUT2D eigenvalue weighted by molar-refractivity contribution is 7.89. The van der Waals surface area contributed by atoms with Gasteiger partial charge in [-0.15, -0.1) is 10.2 Å². The van der Waals surface area contributed by atoms with Gasteiger partial charge in [-0.1, -0.05) is 12.1 Å². The molecule has 2 fully saturated rings. The molecule has 2 aliphatic heterocycles. The highest BCUT2D eigenvalue weighted by Crippen LogP contribution is 2.50. The summed E-state index contributed by atoms with van der Waals surface area (Å²) >= 11 is 0. The number of aromatic nitrogens is 3. The molecule has 3 aromatic rings. The maximum atomic E-state index is 13.4. The van der Waals surface area contributed by atoms with E-state index in [1.807, 2.05) is 25.1 Å². The molecule has 0 bridgehead atoms. The van der Waals surface area contributed by atoms with E-state index in [9.17, 15) is 8.42 Å². The van der Waals surface area contributed by atoms with Gasteiger partial charge in [-0.3, -0.25) is 4.98 Å². The third kappa shape index (κ3) is 3.66. The Morgan fingerprint density at radius 3 is 2.61 bits per heavy atom. The van der Waals surface area contributed by atoms with Crippen LogP contribution in [0.5, 0.6) is 0 Å². The lowest BCUT2D eigenvalue weighted by Gasteiger charge is -2.36. The van der Waals surface area contributed by atoms with Crippen molar-refractivity contribution in [1.29, 1.82) is 0 Å². The van der Waals surface area contributed by atoms with Crippen molar-refractivity contribution in [2.24, 2.45) is 5.41 Å². The van der Waals surface area contributed by atoms with E-state index in [2.05, 4.69) is 15.2 Å². The first-order valence-electron chi connectivity index (χ1n) is 10.4. The van der Waals surface area contributed by atoms with Crippen LogP contribution >= 0.6 is 0 Å². The molecule has 1 aromatic carbocycles. The molecule has 0 radical (unpaired) electrons. The molecule has 162 valence electrons. The van der Waals surface area contributed by atoms with Crippen LogP contribution < -0.4 is 0 Å². The number of hydrogen-bond acceptors (Lipinski definition) is 7. The summed E-state index contributed by atoms with van der Waals surface area (Å²) in [5, 5.41) is 8.55. The number of sulfonamides is 1. The summed E-state index contributed by atoms with van der Waals surface area (Å²) in [7, 11) is -3.63. The fourth-order valence-corrected chi connectivity index (χ4v) is 6.30. The SMILES string of the molecule is Cc1cccc(S(=O)(=O)N2CC(c3nnc(-c4ccncc4)o3)C3(CCOCC3)C2)c1. The lowest BCUT2D eigenvalue weighted by atomic mass is 9.72. The standard InChI is InChI=1S/C22H24N4O4S/c1-16-3-2-4-18(13-16)31(27,28)26-14-19(22(15-26)7-11-29-12-8-22)21-25-24-20(30-21)17-5-9-23-10-6-17/h2-6,9-10,13,19H,7-8,11-12,14-15H2,1H3. The van der Waals surface area contributed by atoms with Crippen LogP contribution in [-0.4, -0.2) is 54.2 Å². The Bertz CT molecular complexity index is 1170. The number of ether oxygens (including phenoxy) is 1. The van der Waals surface area contributed by atoms with Crippen LogP contribution in [0.1, 0.15) is 30.2 Å². The summed E-state index contributed by atoms with van der Waals surface area (Å²) in [5.41, 5.74) is 1.42. The highest BCUT2D eigenvalue weighted by atomic mass is 32.2. The number of benzene rings is 1. The molecule has 0 aliphatic carbocycles. The zero-order valence-electron chi connectivity index (χ0n) is 17.3. The largest absolute Gasteiger partial charge is 0.420 e. The van der Waals surface area contributed by atoms with Crippen molar-refractivity contribution in [2.75, 3.05) is 26.3 Å². The summed E-state index contributed by atoms with van der Waals surface area (Å²) in [4.78, 5) is 4.34. The second-order valence-electron chi connectivity index (χ2n) is 8.32. The maximum absolute atomic E-state index is 13.4. The monoisotopic (exact) mass is 440 g/mol. The van der Waals surface area contributed by atoms with E-state index >= 15 is 0 Å². The molecule has 2 aliphatic rings. The van der Waals surface area contributed by atoms with Crippen LogP contribution in [0.4, 0.5) is 0 Å². The molecule has 8 nitrogen and oxygen atoms in total. The number of hydrogen-bond donors (Lipinski definition) is 0. The van der Waals surface area contributed by atoms with E-state index in [0.717, 1.165) is 24.0 Å². The van der Waals surface area contributed by atoms with E-state index in [1.54, 1.807) is 34.9 Å². The molecule has 1 atom stereocenters. The summed E-state index contributed by atoms with van der Waals surface area (Å²) in [6.45, 7) is 3.82. The van der Waals surface area contributed by atoms with Gasteiger partial charge < -0.3 is 9.15 Å². The van der Waals surface area contributed by atoms with Gasteiger partial charge in [0.05, 0.1) is 10.8 Å². The summed E-state index contributed by atoms with van der Waals surface area (Å²) in [5.74, 6) is 0.717. The molecule has 5 rings (SSSR count). The van der Waals surface area contributed by atoms with Crippen molar-refractivity contribution in [3.63, 3.8) is 0 Å². The number of nitrogens with zero attached hydrogens (tertiary/aromatic N) is 4. The summed E-state index contributed by atoms with van der Waals surface area (Å²) in [6.07, 6.45) is 4.85. The minimum Gasteiger partial charge on any atom is -0.420 e. The minimum absolute atomic E-state index is 0.181. The van der Waals surface area contributed by atoms with Gasteiger partial charge in [0, 0.05) is 49.7 Å². The fourth-order valence-electron chi connectivity index (χ4n) is 4.64. The topological polar surface area (TPSA) is 98.4 Å². The summed E-state index contributed by atoms with van der Waals surface area (Å²) < 4.78 is 40.1.